The van der Waals surface area contributed by atoms with Crippen LogP contribution < -0.4 is 11.1 Å². The Balaban J connectivity index is 2.95. The maximum Gasteiger partial charge on any atom is 0.471 e. The number of amides is 1. The number of alkyl halides is 3. The van der Waals surface area contributed by atoms with Gasteiger partial charge in [-0.1, -0.05) is 0 Å². The predicted octanol–water partition coefficient (Wildman–Crippen LogP) is 1.47. The molecule has 4 N–H and O–H groups in total. The first kappa shape index (κ1) is 12.8. The maximum atomic E-state index is 11.9. The highest BCUT2D eigenvalue weighted by Gasteiger charge is 2.38. The van der Waals surface area contributed by atoms with E-state index in [9.17, 15) is 22.8 Å². The highest BCUT2D eigenvalue weighted by Crippen LogP contribution is 2.23. The summed E-state index contributed by atoms with van der Waals surface area (Å²) in [6.07, 6.45) is -5.03. The maximum absolute atomic E-state index is 11.9. The fourth-order valence-electron chi connectivity index (χ4n) is 1.00. The van der Waals surface area contributed by atoms with Gasteiger partial charge in [-0.25, -0.2) is 4.79 Å². The van der Waals surface area contributed by atoms with E-state index in [1.807, 2.05) is 0 Å². The van der Waals surface area contributed by atoms with Crippen molar-refractivity contribution in [2.45, 2.75) is 6.18 Å². The Labute approximate surface area is 93.0 Å². The summed E-state index contributed by atoms with van der Waals surface area (Å²) < 4.78 is 35.8. The number of carbonyl (C=O) groups excluding carboxylic acids is 1. The molecule has 0 aliphatic rings. The molecular weight excluding hydrogens is 241 g/mol. The van der Waals surface area contributed by atoms with Gasteiger partial charge in [0.25, 0.3) is 0 Å². The molecule has 1 aromatic carbocycles. The second-order valence-corrected chi connectivity index (χ2v) is 3.06. The van der Waals surface area contributed by atoms with Crippen molar-refractivity contribution >= 4 is 23.3 Å². The van der Waals surface area contributed by atoms with Gasteiger partial charge in [-0.3, -0.25) is 4.79 Å². The first-order valence-corrected chi connectivity index (χ1v) is 4.23. The number of nitrogens with two attached hydrogens (primary N) is 1. The summed E-state index contributed by atoms with van der Waals surface area (Å²) in [6, 6.07) is 2.97. The van der Waals surface area contributed by atoms with Gasteiger partial charge in [0.1, 0.15) is 0 Å². The molecule has 8 heteroatoms. The third-order valence-corrected chi connectivity index (χ3v) is 1.80. The standard InChI is InChI=1S/C9H7F3N2O3/c10-9(11,12)8(17)14-6-2-1-4(7(15)16)3-5(6)13/h1-3H,13H2,(H,14,17)(H,15,16). The Bertz CT molecular complexity index is 471. The minimum absolute atomic E-state index is 0.187. The molecule has 1 amide bonds. The molecule has 17 heavy (non-hydrogen) atoms. The number of benzene rings is 1. The second kappa shape index (κ2) is 4.32. The molecule has 0 saturated carbocycles. The molecule has 0 heterocycles. The molecule has 0 bridgehead atoms. The molecule has 1 rings (SSSR count). The van der Waals surface area contributed by atoms with E-state index in [2.05, 4.69) is 0 Å². The Morgan fingerprint density at radius 3 is 2.29 bits per heavy atom. The van der Waals surface area contributed by atoms with Gasteiger partial charge in [-0.2, -0.15) is 13.2 Å². The van der Waals surface area contributed by atoms with E-state index in [1.54, 1.807) is 0 Å². The van der Waals surface area contributed by atoms with Crippen molar-refractivity contribution in [3.63, 3.8) is 0 Å². The number of carboxylic acid groups (broad SMARTS) is 1. The summed E-state index contributed by atoms with van der Waals surface area (Å²) in [6.45, 7) is 0. The zero-order valence-electron chi connectivity index (χ0n) is 8.21. The van der Waals surface area contributed by atoms with Crippen molar-refractivity contribution in [3.8, 4) is 0 Å². The van der Waals surface area contributed by atoms with Crippen LogP contribution in [0.5, 0.6) is 0 Å². The number of rotatable bonds is 2. The first-order chi connectivity index (χ1) is 7.71. The second-order valence-electron chi connectivity index (χ2n) is 3.06. The third-order valence-electron chi connectivity index (χ3n) is 1.80. The van der Waals surface area contributed by atoms with Gasteiger partial charge in [-0.15, -0.1) is 0 Å². The van der Waals surface area contributed by atoms with Crippen LogP contribution in [0, 0.1) is 0 Å². The van der Waals surface area contributed by atoms with Crippen molar-refractivity contribution in [2.24, 2.45) is 0 Å². The third kappa shape index (κ3) is 3.10. The Morgan fingerprint density at radius 1 is 1.29 bits per heavy atom. The van der Waals surface area contributed by atoms with Crippen LogP contribution in [0.25, 0.3) is 0 Å². The topological polar surface area (TPSA) is 92.4 Å². The normalized spacial score (nSPS) is 11.0. The number of anilines is 2. The number of aromatic carboxylic acids is 1. The number of carboxylic acids is 1. The predicted molar refractivity (Wildman–Crippen MR) is 52.5 cm³/mol. The van der Waals surface area contributed by atoms with E-state index in [-0.39, 0.29) is 16.9 Å². The number of carbonyl (C=O) groups is 2. The van der Waals surface area contributed by atoms with Gasteiger partial charge in [0.2, 0.25) is 0 Å². The first-order valence-electron chi connectivity index (χ1n) is 4.23. The molecule has 0 saturated heterocycles. The van der Waals surface area contributed by atoms with Crippen molar-refractivity contribution in [1.29, 1.82) is 0 Å². The van der Waals surface area contributed by atoms with Crippen LogP contribution in [0.2, 0.25) is 0 Å². The lowest BCUT2D eigenvalue weighted by atomic mass is 10.1. The molecule has 0 unspecified atom stereocenters. The molecule has 5 nitrogen and oxygen atoms in total. The molecule has 0 atom stereocenters. The van der Waals surface area contributed by atoms with Gasteiger partial charge in [-0.05, 0) is 18.2 Å². The smallest absolute Gasteiger partial charge is 0.471 e. The van der Waals surface area contributed by atoms with Gasteiger partial charge in [0, 0.05) is 0 Å². The van der Waals surface area contributed by atoms with Crippen LogP contribution in [0.3, 0.4) is 0 Å². The highest BCUT2D eigenvalue weighted by molar-refractivity contribution is 5.98. The summed E-state index contributed by atoms with van der Waals surface area (Å²) in [4.78, 5) is 21.1. The fraction of sp³-hybridized carbons (Fsp3) is 0.111. The zero-order valence-corrected chi connectivity index (χ0v) is 8.21. The molecular formula is C9H7F3N2O3. The van der Waals surface area contributed by atoms with Crippen molar-refractivity contribution in [2.75, 3.05) is 11.1 Å². The Hall–Kier alpha value is -2.25. The Morgan fingerprint density at radius 2 is 1.88 bits per heavy atom. The minimum Gasteiger partial charge on any atom is -0.478 e. The molecule has 0 aromatic heterocycles. The summed E-state index contributed by atoms with van der Waals surface area (Å²) >= 11 is 0. The van der Waals surface area contributed by atoms with E-state index in [1.165, 1.54) is 5.32 Å². The summed E-state index contributed by atoms with van der Waals surface area (Å²) in [5.41, 5.74) is 4.56. The van der Waals surface area contributed by atoms with Crippen LogP contribution in [0.15, 0.2) is 18.2 Å². The summed E-state index contributed by atoms with van der Waals surface area (Å²) in [5.74, 6) is -3.45. The van der Waals surface area contributed by atoms with Crippen LogP contribution in [-0.4, -0.2) is 23.2 Å². The van der Waals surface area contributed by atoms with E-state index in [4.69, 9.17) is 10.8 Å². The van der Waals surface area contributed by atoms with E-state index in [0.717, 1.165) is 18.2 Å². The quantitative estimate of drug-likeness (QED) is 0.691. The van der Waals surface area contributed by atoms with Gasteiger partial charge in [0.05, 0.1) is 16.9 Å². The van der Waals surface area contributed by atoms with Gasteiger partial charge >= 0.3 is 18.1 Å². The number of hydrogen-bond donors (Lipinski definition) is 3. The van der Waals surface area contributed by atoms with Crippen molar-refractivity contribution < 1.29 is 27.9 Å². The SMILES string of the molecule is Nc1cc(C(=O)O)ccc1NC(=O)C(F)(F)F. The average Bonchev–Trinajstić information content (AvgIpc) is 2.19. The summed E-state index contributed by atoms with van der Waals surface area (Å²) in [7, 11) is 0. The van der Waals surface area contributed by atoms with E-state index >= 15 is 0 Å². The van der Waals surface area contributed by atoms with Crippen molar-refractivity contribution in [3.05, 3.63) is 23.8 Å². The fourth-order valence-corrected chi connectivity index (χ4v) is 1.00. The molecule has 0 aliphatic carbocycles. The van der Waals surface area contributed by atoms with E-state index in [0.29, 0.717) is 0 Å². The number of hydrogen-bond acceptors (Lipinski definition) is 3. The van der Waals surface area contributed by atoms with Gasteiger partial charge in [0.15, 0.2) is 0 Å². The molecule has 0 radical (unpaired) electrons. The molecule has 92 valence electrons. The highest BCUT2D eigenvalue weighted by atomic mass is 19.4. The van der Waals surface area contributed by atoms with E-state index < -0.39 is 18.1 Å². The molecule has 0 spiro atoms. The lowest BCUT2D eigenvalue weighted by Gasteiger charge is -2.10. The summed E-state index contributed by atoms with van der Waals surface area (Å²) in [5, 5.41) is 10.1. The van der Waals surface area contributed by atoms with Gasteiger partial charge < -0.3 is 16.2 Å². The largest absolute Gasteiger partial charge is 0.478 e. The van der Waals surface area contributed by atoms with Crippen LogP contribution in [-0.2, 0) is 4.79 Å². The van der Waals surface area contributed by atoms with Crippen LogP contribution in [0.4, 0.5) is 24.5 Å². The number of halogens is 3. The van der Waals surface area contributed by atoms with Crippen molar-refractivity contribution in [1.82, 2.24) is 0 Å². The Kier molecular flexibility index (Phi) is 3.26. The van der Waals surface area contributed by atoms with Crippen LogP contribution in [0.1, 0.15) is 10.4 Å². The minimum atomic E-state index is -5.03. The molecule has 0 aliphatic heterocycles. The number of nitrogen functional groups attached to an aromatic ring is 1. The molecule has 1 aromatic rings. The lowest BCUT2D eigenvalue weighted by molar-refractivity contribution is -0.167. The monoisotopic (exact) mass is 248 g/mol. The zero-order chi connectivity index (χ0) is 13.2. The van der Waals surface area contributed by atoms with Crippen LogP contribution >= 0.6 is 0 Å². The average molecular weight is 248 g/mol. The number of nitrogens with one attached hydrogen (secondary N) is 1. The lowest BCUT2D eigenvalue weighted by Crippen LogP contribution is -2.30. The molecule has 0 fully saturated rings.